The van der Waals surface area contributed by atoms with E-state index in [0.29, 0.717) is 18.9 Å². The fourth-order valence-corrected chi connectivity index (χ4v) is 2.31. The van der Waals surface area contributed by atoms with E-state index < -0.39 is 0 Å². The van der Waals surface area contributed by atoms with Gasteiger partial charge in [0, 0.05) is 19.7 Å². The van der Waals surface area contributed by atoms with Crippen molar-refractivity contribution in [2.24, 2.45) is 5.92 Å². The van der Waals surface area contributed by atoms with Gasteiger partial charge in [-0.1, -0.05) is 6.92 Å². The second kappa shape index (κ2) is 9.16. The Hall–Kier alpha value is -0.810. The van der Waals surface area contributed by atoms with Crippen LogP contribution in [0.3, 0.4) is 0 Å². The minimum absolute atomic E-state index is 0.112. The summed E-state index contributed by atoms with van der Waals surface area (Å²) in [5.41, 5.74) is 0. The Labute approximate surface area is 110 Å². The van der Waals surface area contributed by atoms with Crippen LogP contribution in [0.2, 0.25) is 0 Å². The van der Waals surface area contributed by atoms with Crippen LogP contribution in [0.1, 0.15) is 32.6 Å². The Morgan fingerprint density at radius 2 is 2.06 bits per heavy atom. The number of hydrogen-bond acceptors (Lipinski definition) is 3. The minimum atomic E-state index is -0.112. The predicted octanol–water partition coefficient (Wildman–Crippen LogP) is 0.790. The lowest BCUT2D eigenvalue weighted by atomic mass is 9.97. The van der Waals surface area contributed by atoms with Gasteiger partial charge in [-0.15, -0.1) is 0 Å². The average molecular weight is 257 g/mol. The molecule has 1 heterocycles. The molecule has 0 unspecified atom stereocenters. The molecule has 106 valence electrons. The van der Waals surface area contributed by atoms with Crippen LogP contribution in [-0.4, -0.2) is 55.4 Å². The summed E-state index contributed by atoms with van der Waals surface area (Å²) in [7, 11) is 0. The molecule has 1 fully saturated rings. The standard InChI is InChI=1S/C13H27N3O2/c1-2-7-16-8-4-12(5-9-16)11-15-13(18)14-6-3-10-17/h12,17H,2-11H2,1H3,(H2,14,15,18). The normalized spacial score (nSPS) is 17.7. The molecule has 2 amide bonds. The van der Waals surface area contributed by atoms with Crippen LogP contribution in [-0.2, 0) is 0 Å². The molecule has 0 saturated carbocycles. The molecule has 0 aliphatic carbocycles. The first-order valence-corrected chi connectivity index (χ1v) is 7.11. The van der Waals surface area contributed by atoms with Gasteiger partial charge in [-0.2, -0.15) is 0 Å². The Balaban J connectivity index is 2.04. The quantitative estimate of drug-likeness (QED) is 0.591. The van der Waals surface area contributed by atoms with Gasteiger partial charge in [0.1, 0.15) is 0 Å². The average Bonchev–Trinajstić information content (AvgIpc) is 2.39. The van der Waals surface area contributed by atoms with Gasteiger partial charge in [-0.3, -0.25) is 0 Å². The van der Waals surface area contributed by atoms with Crippen LogP contribution in [0.15, 0.2) is 0 Å². The Morgan fingerprint density at radius 3 is 2.67 bits per heavy atom. The van der Waals surface area contributed by atoms with Gasteiger partial charge < -0.3 is 20.6 Å². The number of hydrogen-bond donors (Lipinski definition) is 3. The van der Waals surface area contributed by atoms with Crippen molar-refractivity contribution in [2.75, 3.05) is 39.3 Å². The van der Waals surface area contributed by atoms with Crippen molar-refractivity contribution in [3.63, 3.8) is 0 Å². The minimum Gasteiger partial charge on any atom is -0.396 e. The number of nitrogens with one attached hydrogen (secondary N) is 2. The summed E-state index contributed by atoms with van der Waals surface area (Å²) >= 11 is 0. The molecule has 0 aromatic heterocycles. The summed E-state index contributed by atoms with van der Waals surface area (Å²) in [5.74, 6) is 0.613. The molecule has 18 heavy (non-hydrogen) atoms. The second-order valence-corrected chi connectivity index (χ2v) is 5.00. The van der Waals surface area contributed by atoms with Gasteiger partial charge in [0.05, 0.1) is 0 Å². The van der Waals surface area contributed by atoms with Crippen LogP contribution in [0.4, 0.5) is 4.79 Å². The summed E-state index contributed by atoms with van der Waals surface area (Å²) in [6, 6.07) is -0.112. The summed E-state index contributed by atoms with van der Waals surface area (Å²) < 4.78 is 0. The van der Waals surface area contributed by atoms with Crippen molar-refractivity contribution in [1.82, 2.24) is 15.5 Å². The first-order chi connectivity index (χ1) is 8.76. The molecule has 3 N–H and O–H groups in total. The summed E-state index contributed by atoms with van der Waals surface area (Å²) in [6.45, 7) is 7.16. The molecule has 0 aromatic rings. The monoisotopic (exact) mass is 257 g/mol. The highest BCUT2D eigenvalue weighted by atomic mass is 16.3. The molecule has 0 bridgehead atoms. The van der Waals surface area contributed by atoms with Gasteiger partial charge in [0.25, 0.3) is 0 Å². The molecule has 1 aliphatic rings. The van der Waals surface area contributed by atoms with Crippen molar-refractivity contribution < 1.29 is 9.90 Å². The molecule has 1 rings (SSSR count). The number of amides is 2. The van der Waals surface area contributed by atoms with E-state index in [9.17, 15) is 4.79 Å². The third kappa shape index (κ3) is 6.21. The summed E-state index contributed by atoms with van der Waals surface area (Å²) in [6.07, 6.45) is 4.19. The molecule has 5 nitrogen and oxygen atoms in total. The van der Waals surface area contributed by atoms with Crippen LogP contribution in [0, 0.1) is 5.92 Å². The van der Waals surface area contributed by atoms with E-state index in [-0.39, 0.29) is 12.6 Å². The van der Waals surface area contributed by atoms with E-state index >= 15 is 0 Å². The lowest BCUT2D eigenvalue weighted by molar-refractivity contribution is 0.181. The topological polar surface area (TPSA) is 64.6 Å². The van der Waals surface area contributed by atoms with Crippen molar-refractivity contribution in [3.8, 4) is 0 Å². The molecular weight excluding hydrogens is 230 g/mol. The highest BCUT2D eigenvalue weighted by molar-refractivity contribution is 5.73. The van der Waals surface area contributed by atoms with E-state index in [1.54, 1.807) is 0 Å². The Bertz CT molecular complexity index is 228. The Kier molecular flexibility index (Phi) is 7.76. The predicted molar refractivity (Wildman–Crippen MR) is 72.6 cm³/mol. The fourth-order valence-electron chi connectivity index (χ4n) is 2.31. The maximum absolute atomic E-state index is 11.4. The maximum atomic E-state index is 11.4. The largest absolute Gasteiger partial charge is 0.396 e. The van der Waals surface area contributed by atoms with E-state index in [0.717, 1.165) is 19.6 Å². The number of carbonyl (C=O) groups is 1. The van der Waals surface area contributed by atoms with Gasteiger partial charge in [0.15, 0.2) is 0 Å². The number of piperidine rings is 1. The number of aliphatic hydroxyl groups excluding tert-OH is 1. The zero-order valence-electron chi connectivity index (χ0n) is 11.5. The van der Waals surface area contributed by atoms with Gasteiger partial charge >= 0.3 is 6.03 Å². The first kappa shape index (κ1) is 15.2. The summed E-state index contributed by atoms with van der Waals surface area (Å²) in [5, 5.41) is 14.2. The SMILES string of the molecule is CCCN1CCC(CNC(=O)NCCCO)CC1. The van der Waals surface area contributed by atoms with E-state index in [2.05, 4.69) is 22.5 Å². The van der Waals surface area contributed by atoms with Crippen molar-refractivity contribution in [1.29, 1.82) is 0 Å². The molecule has 1 aliphatic heterocycles. The number of likely N-dealkylation sites (tertiary alicyclic amines) is 1. The van der Waals surface area contributed by atoms with E-state index in [1.165, 1.54) is 25.8 Å². The molecule has 0 spiro atoms. The van der Waals surface area contributed by atoms with Crippen molar-refractivity contribution >= 4 is 6.03 Å². The molecule has 0 aromatic carbocycles. The number of nitrogens with zero attached hydrogens (tertiary/aromatic N) is 1. The zero-order chi connectivity index (χ0) is 13.2. The van der Waals surface area contributed by atoms with Crippen LogP contribution >= 0.6 is 0 Å². The number of carbonyl (C=O) groups excluding carboxylic acids is 1. The first-order valence-electron chi connectivity index (χ1n) is 7.11. The van der Waals surface area contributed by atoms with Crippen molar-refractivity contribution in [2.45, 2.75) is 32.6 Å². The lowest BCUT2D eigenvalue weighted by Crippen LogP contribution is -2.42. The molecular formula is C13H27N3O2. The number of aliphatic hydroxyl groups is 1. The van der Waals surface area contributed by atoms with Crippen LogP contribution in [0.25, 0.3) is 0 Å². The summed E-state index contributed by atoms with van der Waals surface area (Å²) in [4.78, 5) is 13.9. The van der Waals surface area contributed by atoms with Gasteiger partial charge in [0.2, 0.25) is 0 Å². The van der Waals surface area contributed by atoms with Gasteiger partial charge in [-0.25, -0.2) is 4.79 Å². The number of rotatable bonds is 7. The molecule has 0 atom stereocenters. The lowest BCUT2D eigenvalue weighted by Gasteiger charge is -2.31. The molecule has 0 radical (unpaired) electrons. The van der Waals surface area contributed by atoms with Crippen LogP contribution < -0.4 is 10.6 Å². The van der Waals surface area contributed by atoms with E-state index in [4.69, 9.17) is 5.11 Å². The second-order valence-electron chi connectivity index (χ2n) is 5.00. The third-order valence-corrected chi connectivity index (χ3v) is 3.42. The van der Waals surface area contributed by atoms with Crippen molar-refractivity contribution in [3.05, 3.63) is 0 Å². The highest BCUT2D eigenvalue weighted by Gasteiger charge is 2.18. The Morgan fingerprint density at radius 1 is 1.33 bits per heavy atom. The third-order valence-electron chi connectivity index (χ3n) is 3.42. The molecule has 1 saturated heterocycles. The maximum Gasteiger partial charge on any atom is 0.314 e. The van der Waals surface area contributed by atoms with E-state index in [1.807, 2.05) is 0 Å². The fraction of sp³-hybridized carbons (Fsp3) is 0.923. The van der Waals surface area contributed by atoms with Gasteiger partial charge in [-0.05, 0) is 51.2 Å². The number of urea groups is 1. The molecule has 5 heteroatoms. The highest BCUT2D eigenvalue weighted by Crippen LogP contribution is 2.16. The zero-order valence-corrected chi connectivity index (χ0v) is 11.5. The van der Waals surface area contributed by atoms with Crippen LogP contribution in [0.5, 0.6) is 0 Å². The smallest absolute Gasteiger partial charge is 0.314 e.